The van der Waals surface area contributed by atoms with E-state index in [-0.39, 0.29) is 0 Å². The van der Waals surface area contributed by atoms with E-state index in [2.05, 4.69) is 143 Å². The van der Waals surface area contributed by atoms with Crippen LogP contribution in [0.4, 0.5) is 0 Å². The maximum absolute atomic E-state index is 6.31. The first kappa shape index (κ1) is 31.5. The standard InChI is InChI=1S/C51H31N5O/c1-3-15-32(16-4-1)35-19-7-11-23-42(35)55-43-24-12-8-20-36(43)40-31-46-41(30-45(40)55)37-21-9-13-25-44(37)56(46)51-53-49(33-17-5-2-6-18-33)52-50(54-51)34-27-28-39-38-22-10-14-26-47(38)57-48(39)29-34/h1-31H. The van der Waals surface area contributed by atoms with E-state index in [1.807, 2.05) is 54.6 Å². The third-order valence-corrected chi connectivity index (χ3v) is 11.2. The number of hydrogen-bond donors (Lipinski definition) is 0. The summed E-state index contributed by atoms with van der Waals surface area (Å²) >= 11 is 0. The van der Waals surface area contributed by atoms with Gasteiger partial charge in [-0.15, -0.1) is 0 Å². The van der Waals surface area contributed by atoms with Gasteiger partial charge in [0.25, 0.3) is 0 Å². The Hall–Kier alpha value is -7.83. The molecule has 0 aliphatic heterocycles. The van der Waals surface area contributed by atoms with E-state index in [1.54, 1.807) is 0 Å². The lowest BCUT2D eigenvalue weighted by atomic mass is 10.0. The van der Waals surface area contributed by atoms with Gasteiger partial charge in [-0.2, -0.15) is 9.97 Å². The summed E-state index contributed by atoms with van der Waals surface area (Å²) in [4.78, 5) is 15.6. The fraction of sp³-hybridized carbons (Fsp3) is 0. The summed E-state index contributed by atoms with van der Waals surface area (Å²) in [6.45, 7) is 0. The molecular weight excluding hydrogens is 699 g/mol. The van der Waals surface area contributed by atoms with E-state index < -0.39 is 0 Å². The van der Waals surface area contributed by atoms with Crippen molar-refractivity contribution in [1.82, 2.24) is 24.1 Å². The molecule has 8 aromatic carbocycles. The normalized spacial score (nSPS) is 11.9. The number of nitrogens with zero attached hydrogens (tertiary/aromatic N) is 5. The Kier molecular flexibility index (Phi) is 6.83. The summed E-state index contributed by atoms with van der Waals surface area (Å²) < 4.78 is 10.9. The third kappa shape index (κ3) is 4.87. The molecule has 12 aromatic rings. The molecule has 0 unspecified atom stereocenters. The molecule has 6 heteroatoms. The average molecular weight is 730 g/mol. The fourth-order valence-electron chi connectivity index (χ4n) is 8.61. The summed E-state index contributed by atoms with van der Waals surface area (Å²) in [7, 11) is 0. The lowest BCUT2D eigenvalue weighted by molar-refractivity contribution is 0.669. The van der Waals surface area contributed by atoms with E-state index >= 15 is 0 Å². The highest BCUT2D eigenvalue weighted by Gasteiger charge is 2.22. The highest BCUT2D eigenvalue weighted by Crippen LogP contribution is 2.41. The second kappa shape index (κ2) is 12.3. The maximum Gasteiger partial charge on any atom is 0.238 e. The van der Waals surface area contributed by atoms with Crippen LogP contribution in [-0.2, 0) is 0 Å². The van der Waals surface area contributed by atoms with Crippen LogP contribution in [0, 0.1) is 0 Å². The molecule has 0 radical (unpaired) electrons. The smallest absolute Gasteiger partial charge is 0.238 e. The molecule has 266 valence electrons. The Balaban J connectivity index is 1.14. The predicted molar refractivity (Wildman–Crippen MR) is 232 cm³/mol. The Morgan fingerprint density at radius 2 is 0.877 bits per heavy atom. The molecule has 4 aromatic heterocycles. The zero-order valence-electron chi connectivity index (χ0n) is 30.5. The van der Waals surface area contributed by atoms with E-state index in [1.165, 1.54) is 16.5 Å². The van der Waals surface area contributed by atoms with Gasteiger partial charge in [0.15, 0.2) is 11.6 Å². The number of benzene rings is 8. The number of aromatic nitrogens is 5. The Morgan fingerprint density at radius 3 is 1.61 bits per heavy atom. The zero-order chi connectivity index (χ0) is 37.5. The first-order valence-corrected chi connectivity index (χ1v) is 19.1. The van der Waals surface area contributed by atoms with Crippen LogP contribution in [0.25, 0.3) is 111 Å². The Labute approximate surface area is 326 Å². The summed E-state index contributed by atoms with van der Waals surface area (Å²) in [5, 5.41) is 6.71. The van der Waals surface area contributed by atoms with Gasteiger partial charge in [0.1, 0.15) is 11.2 Å². The van der Waals surface area contributed by atoms with Gasteiger partial charge in [-0.25, -0.2) is 4.98 Å². The van der Waals surface area contributed by atoms with Crippen LogP contribution in [0.15, 0.2) is 192 Å². The molecule has 0 bridgehead atoms. The molecule has 0 N–H and O–H groups in total. The molecule has 57 heavy (non-hydrogen) atoms. The van der Waals surface area contributed by atoms with Gasteiger partial charge in [0.05, 0.1) is 27.8 Å². The van der Waals surface area contributed by atoms with Crippen LogP contribution in [0.3, 0.4) is 0 Å². The van der Waals surface area contributed by atoms with Crippen molar-refractivity contribution in [1.29, 1.82) is 0 Å². The largest absolute Gasteiger partial charge is 0.456 e. The molecule has 0 aliphatic carbocycles. The second-order valence-electron chi connectivity index (χ2n) is 14.4. The number of fused-ring (bicyclic) bond motifs is 9. The van der Waals surface area contributed by atoms with Crippen LogP contribution < -0.4 is 0 Å². The lowest BCUT2D eigenvalue weighted by Gasteiger charge is -2.14. The number of hydrogen-bond acceptors (Lipinski definition) is 4. The van der Waals surface area contributed by atoms with Crippen molar-refractivity contribution in [3.8, 4) is 45.5 Å². The average Bonchev–Trinajstić information content (AvgIpc) is 3.93. The van der Waals surface area contributed by atoms with E-state index in [9.17, 15) is 0 Å². The van der Waals surface area contributed by atoms with Gasteiger partial charge >= 0.3 is 0 Å². The molecule has 0 amide bonds. The van der Waals surface area contributed by atoms with Gasteiger partial charge in [-0.05, 0) is 54.1 Å². The van der Waals surface area contributed by atoms with E-state index in [4.69, 9.17) is 19.4 Å². The molecule has 6 nitrogen and oxygen atoms in total. The molecule has 0 saturated carbocycles. The van der Waals surface area contributed by atoms with Crippen molar-refractivity contribution in [2.75, 3.05) is 0 Å². The SMILES string of the molecule is c1ccc(-c2nc(-c3ccc4c(c3)oc3ccccc34)nc(-n3c4ccccc4c4cc5c(cc43)c3ccccc3n5-c3ccccc3-c3ccccc3)n2)cc1. The van der Waals surface area contributed by atoms with Crippen LogP contribution in [0.1, 0.15) is 0 Å². The predicted octanol–water partition coefficient (Wildman–Crippen LogP) is 13.0. The minimum absolute atomic E-state index is 0.548. The zero-order valence-corrected chi connectivity index (χ0v) is 30.5. The highest BCUT2D eigenvalue weighted by atomic mass is 16.3. The third-order valence-electron chi connectivity index (χ3n) is 11.2. The van der Waals surface area contributed by atoms with E-state index in [0.29, 0.717) is 17.6 Å². The maximum atomic E-state index is 6.31. The van der Waals surface area contributed by atoms with Gasteiger partial charge in [0, 0.05) is 49.0 Å². The first-order valence-electron chi connectivity index (χ1n) is 19.1. The van der Waals surface area contributed by atoms with Crippen LogP contribution in [0.5, 0.6) is 0 Å². The lowest BCUT2D eigenvalue weighted by Crippen LogP contribution is -2.06. The van der Waals surface area contributed by atoms with Crippen LogP contribution in [-0.4, -0.2) is 24.1 Å². The fourth-order valence-corrected chi connectivity index (χ4v) is 8.61. The highest BCUT2D eigenvalue weighted by molar-refractivity contribution is 6.19. The summed E-state index contributed by atoms with van der Waals surface area (Å²) in [6, 6.07) is 65.7. The molecular formula is C51H31N5O. The van der Waals surface area contributed by atoms with Gasteiger partial charge in [-0.3, -0.25) is 4.57 Å². The Bertz CT molecular complexity index is 3520. The van der Waals surface area contributed by atoms with E-state index in [0.717, 1.165) is 77.0 Å². The molecule has 0 spiro atoms. The molecule has 12 rings (SSSR count). The van der Waals surface area contributed by atoms with Crippen molar-refractivity contribution in [2.45, 2.75) is 0 Å². The minimum Gasteiger partial charge on any atom is -0.456 e. The number of para-hydroxylation sites is 4. The monoisotopic (exact) mass is 729 g/mol. The van der Waals surface area contributed by atoms with Crippen molar-refractivity contribution < 1.29 is 4.42 Å². The van der Waals surface area contributed by atoms with Crippen LogP contribution in [0.2, 0.25) is 0 Å². The van der Waals surface area contributed by atoms with Gasteiger partial charge < -0.3 is 8.98 Å². The van der Waals surface area contributed by atoms with Crippen molar-refractivity contribution >= 4 is 65.6 Å². The topological polar surface area (TPSA) is 61.7 Å². The first-order chi connectivity index (χ1) is 28.3. The van der Waals surface area contributed by atoms with Crippen LogP contribution >= 0.6 is 0 Å². The van der Waals surface area contributed by atoms with Crippen molar-refractivity contribution in [3.63, 3.8) is 0 Å². The number of rotatable bonds is 5. The second-order valence-corrected chi connectivity index (χ2v) is 14.4. The quantitative estimate of drug-likeness (QED) is 0.177. The number of furan rings is 1. The molecule has 0 aliphatic rings. The molecule has 0 fully saturated rings. The van der Waals surface area contributed by atoms with Gasteiger partial charge in [-0.1, -0.05) is 140 Å². The molecule has 0 atom stereocenters. The van der Waals surface area contributed by atoms with Gasteiger partial charge in [0.2, 0.25) is 5.95 Å². The summed E-state index contributed by atoms with van der Waals surface area (Å²) in [5.41, 5.74) is 11.2. The Morgan fingerprint density at radius 1 is 0.333 bits per heavy atom. The minimum atomic E-state index is 0.548. The van der Waals surface area contributed by atoms with Crippen molar-refractivity contribution in [2.24, 2.45) is 0 Å². The molecule has 0 saturated heterocycles. The van der Waals surface area contributed by atoms with Crippen molar-refractivity contribution in [3.05, 3.63) is 188 Å². The molecule has 4 heterocycles. The summed E-state index contributed by atoms with van der Waals surface area (Å²) in [5.74, 6) is 1.72. The summed E-state index contributed by atoms with van der Waals surface area (Å²) in [6.07, 6.45) is 0.